The fourth-order valence-electron chi connectivity index (χ4n) is 7.07. The van der Waals surface area contributed by atoms with Crippen molar-refractivity contribution in [1.82, 2.24) is 0 Å². The van der Waals surface area contributed by atoms with Gasteiger partial charge in [0.05, 0.1) is 0 Å². The third kappa shape index (κ3) is 40.1. The molecule has 0 radical (unpaired) electrons. The summed E-state index contributed by atoms with van der Waals surface area (Å²) < 4.78 is 16.6. The lowest BCUT2D eigenvalue weighted by Crippen LogP contribution is -2.30. The molecule has 0 aromatic rings. The first-order chi connectivity index (χ1) is 26.3. The molecule has 0 bridgehead atoms. The van der Waals surface area contributed by atoms with Crippen LogP contribution in [0.15, 0.2) is 0 Å². The number of esters is 3. The molecule has 0 rings (SSSR count). The summed E-state index contributed by atoms with van der Waals surface area (Å²) in [7, 11) is 0. The van der Waals surface area contributed by atoms with Crippen molar-refractivity contribution in [3.8, 4) is 0 Å². The van der Waals surface area contributed by atoms with Gasteiger partial charge in [-0.15, -0.1) is 0 Å². The van der Waals surface area contributed by atoms with E-state index in [0.29, 0.717) is 19.3 Å². The van der Waals surface area contributed by atoms with E-state index in [9.17, 15) is 14.4 Å². The molecular formula is C48H92O6. The van der Waals surface area contributed by atoms with Gasteiger partial charge in [-0.2, -0.15) is 0 Å². The molecule has 0 aliphatic rings. The Morgan fingerprint density at radius 2 is 0.704 bits per heavy atom. The average Bonchev–Trinajstić information content (AvgIpc) is 3.15. The van der Waals surface area contributed by atoms with Crippen molar-refractivity contribution in [3.63, 3.8) is 0 Å². The van der Waals surface area contributed by atoms with Gasteiger partial charge in [0.1, 0.15) is 13.2 Å². The minimum atomic E-state index is -0.759. The lowest BCUT2D eigenvalue weighted by atomic mass is 9.99. The topological polar surface area (TPSA) is 78.9 Å². The van der Waals surface area contributed by atoms with Gasteiger partial charge in [-0.1, -0.05) is 221 Å². The van der Waals surface area contributed by atoms with Crippen LogP contribution in [0.4, 0.5) is 0 Å². The van der Waals surface area contributed by atoms with Crippen LogP contribution < -0.4 is 0 Å². The van der Waals surface area contributed by atoms with Crippen LogP contribution in [0.1, 0.15) is 259 Å². The van der Waals surface area contributed by atoms with E-state index in [1.807, 2.05) is 0 Å². The molecule has 6 heteroatoms. The maximum Gasteiger partial charge on any atom is 0.306 e. The van der Waals surface area contributed by atoms with Gasteiger partial charge in [-0.3, -0.25) is 14.4 Å². The minimum Gasteiger partial charge on any atom is -0.462 e. The van der Waals surface area contributed by atoms with Gasteiger partial charge in [0.25, 0.3) is 0 Å². The fraction of sp³-hybridized carbons (Fsp3) is 0.938. The van der Waals surface area contributed by atoms with Crippen molar-refractivity contribution >= 4 is 17.9 Å². The van der Waals surface area contributed by atoms with E-state index < -0.39 is 6.10 Å². The summed E-state index contributed by atoms with van der Waals surface area (Å²) >= 11 is 0. The second-order valence-electron chi connectivity index (χ2n) is 17.1. The summed E-state index contributed by atoms with van der Waals surface area (Å²) in [4.78, 5) is 37.5. The van der Waals surface area contributed by atoms with Crippen molar-refractivity contribution in [2.24, 2.45) is 11.8 Å². The molecule has 0 aromatic carbocycles. The molecule has 0 saturated carbocycles. The number of unbranched alkanes of at least 4 members (excludes halogenated alkanes) is 26. The summed E-state index contributed by atoms with van der Waals surface area (Å²) in [6.45, 7) is 11.3. The third-order valence-corrected chi connectivity index (χ3v) is 11.1. The predicted molar refractivity (Wildman–Crippen MR) is 229 cm³/mol. The molecular weight excluding hydrogens is 673 g/mol. The summed E-state index contributed by atoms with van der Waals surface area (Å²) in [5, 5.41) is 0. The zero-order valence-electron chi connectivity index (χ0n) is 36.8. The number of carbonyl (C=O) groups is 3. The molecule has 2 atom stereocenters. The zero-order chi connectivity index (χ0) is 39.7. The Morgan fingerprint density at radius 1 is 0.389 bits per heavy atom. The lowest BCUT2D eigenvalue weighted by molar-refractivity contribution is -0.167. The molecule has 6 nitrogen and oxygen atoms in total. The Balaban J connectivity index is 4.16. The highest BCUT2D eigenvalue weighted by molar-refractivity contribution is 5.71. The third-order valence-electron chi connectivity index (χ3n) is 11.1. The van der Waals surface area contributed by atoms with E-state index in [4.69, 9.17) is 14.2 Å². The van der Waals surface area contributed by atoms with E-state index in [0.717, 1.165) is 76.0 Å². The maximum absolute atomic E-state index is 12.7. The summed E-state index contributed by atoms with van der Waals surface area (Å²) in [6, 6.07) is 0. The zero-order valence-corrected chi connectivity index (χ0v) is 36.8. The van der Waals surface area contributed by atoms with E-state index in [1.165, 1.54) is 141 Å². The quantitative estimate of drug-likeness (QED) is 0.0350. The van der Waals surface area contributed by atoms with Crippen LogP contribution in [-0.4, -0.2) is 37.2 Å². The Morgan fingerprint density at radius 3 is 1.06 bits per heavy atom. The first-order valence-corrected chi connectivity index (χ1v) is 23.8. The standard InChI is InChI=1S/C48H92O6/c1-6-8-9-26-33-38-46(49)52-41-45(42-53-47(50)39-34-29-24-20-17-16-19-23-28-32-37-44(5)7-2)54-48(51)40-35-30-25-21-15-13-11-10-12-14-18-22-27-31-36-43(3)4/h43-45H,6-42H2,1-5H3/t44?,45-/m0/s1. The molecule has 0 aromatic heterocycles. The molecule has 0 saturated heterocycles. The van der Waals surface area contributed by atoms with E-state index in [-0.39, 0.29) is 31.1 Å². The summed E-state index contributed by atoms with van der Waals surface area (Å²) in [6.07, 6.45) is 39.7. The van der Waals surface area contributed by atoms with Gasteiger partial charge in [-0.05, 0) is 31.1 Å². The van der Waals surface area contributed by atoms with Gasteiger partial charge < -0.3 is 14.2 Å². The number of ether oxygens (including phenoxy) is 3. The Bertz CT molecular complexity index is 826. The smallest absolute Gasteiger partial charge is 0.306 e. The number of carbonyl (C=O) groups excluding carboxylic acids is 3. The molecule has 0 amide bonds. The van der Waals surface area contributed by atoms with Gasteiger partial charge in [0.2, 0.25) is 0 Å². The molecule has 1 unspecified atom stereocenters. The average molecular weight is 765 g/mol. The largest absolute Gasteiger partial charge is 0.462 e. The molecule has 320 valence electrons. The van der Waals surface area contributed by atoms with Crippen molar-refractivity contribution in [2.45, 2.75) is 265 Å². The molecule has 0 aliphatic carbocycles. The number of hydrogen-bond donors (Lipinski definition) is 0. The van der Waals surface area contributed by atoms with Crippen LogP contribution in [0.25, 0.3) is 0 Å². The minimum absolute atomic E-state index is 0.0655. The Labute approximate surface area is 336 Å². The highest BCUT2D eigenvalue weighted by atomic mass is 16.6. The van der Waals surface area contributed by atoms with Gasteiger partial charge in [-0.25, -0.2) is 0 Å². The van der Waals surface area contributed by atoms with Crippen LogP contribution in [0, 0.1) is 11.8 Å². The van der Waals surface area contributed by atoms with E-state index in [2.05, 4.69) is 34.6 Å². The normalized spacial score (nSPS) is 12.6. The summed E-state index contributed by atoms with van der Waals surface area (Å²) in [5.41, 5.74) is 0. The molecule has 0 N–H and O–H groups in total. The van der Waals surface area contributed by atoms with Gasteiger partial charge in [0.15, 0.2) is 6.10 Å². The molecule has 0 aliphatic heterocycles. The van der Waals surface area contributed by atoms with Crippen LogP contribution in [0.3, 0.4) is 0 Å². The fourth-order valence-corrected chi connectivity index (χ4v) is 7.07. The number of hydrogen-bond acceptors (Lipinski definition) is 6. The van der Waals surface area contributed by atoms with Crippen LogP contribution in [0.5, 0.6) is 0 Å². The highest BCUT2D eigenvalue weighted by Gasteiger charge is 2.19. The van der Waals surface area contributed by atoms with Crippen LogP contribution >= 0.6 is 0 Å². The predicted octanol–water partition coefficient (Wildman–Crippen LogP) is 15.0. The van der Waals surface area contributed by atoms with E-state index >= 15 is 0 Å². The van der Waals surface area contributed by atoms with E-state index in [1.54, 1.807) is 0 Å². The van der Waals surface area contributed by atoms with Crippen molar-refractivity contribution in [3.05, 3.63) is 0 Å². The lowest BCUT2D eigenvalue weighted by Gasteiger charge is -2.18. The summed E-state index contributed by atoms with van der Waals surface area (Å²) in [5.74, 6) is 0.845. The van der Waals surface area contributed by atoms with Crippen molar-refractivity contribution < 1.29 is 28.6 Å². The SMILES string of the molecule is CCCCCCCC(=O)OC[C@@H](COC(=O)CCCCCCCCCCCCC(C)CC)OC(=O)CCCCCCCCCCCCCCCCC(C)C. The first-order valence-electron chi connectivity index (χ1n) is 23.8. The number of rotatable bonds is 42. The second-order valence-corrected chi connectivity index (χ2v) is 17.1. The van der Waals surface area contributed by atoms with Crippen LogP contribution in [-0.2, 0) is 28.6 Å². The van der Waals surface area contributed by atoms with Crippen molar-refractivity contribution in [1.29, 1.82) is 0 Å². The van der Waals surface area contributed by atoms with Crippen LogP contribution in [0.2, 0.25) is 0 Å². The van der Waals surface area contributed by atoms with Gasteiger partial charge >= 0.3 is 17.9 Å². The molecule has 0 fully saturated rings. The molecule has 0 heterocycles. The molecule has 0 spiro atoms. The Kier molecular flexibility index (Phi) is 39.8. The maximum atomic E-state index is 12.7. The highest BCUT2D eigenvalue weighted by Crippen LogP contribution is 2.17. The monoisotopic (exact) mass is 765 g/mol. The first kappa shape index (κ1) is 52.4. The molecule has 54 heavy (non-hydrogen) atoms. The second kappa shape index (κ2) is 41.1. The Hall–Kier alpha value is -1.59. The van der Waals surface area contributed by atoms with Gasteiger partial charge in [0, 0.05) is 19.3 Å². The van der Waals surface area contributed by atoms with Crippen molar-refractivity contribution in [2.75, 3.05) is 13.2 Å².